The lowest BCUT2D eigenvalue weighted by molar-refractivity contribution is 0.100. The van der Waals surface area contributed by atoms with Gasteiger partial charge in [0.15, 0.2) is 5.78 Å². The molecule has 0 atom stereocenters. The Bertz CT molecular complexity index is 1480. The molecule has 0 saturated heterocycles. The molecule has 4 aromatic rings. The highest BCUT2D eigenvalue weighted by Gasteiger charge is 2.37. The third-order valence-corrected chi connectivity index (χ3v) is 7.60. The molecule has 31 heavy (non-hydrogen) atoms. The second-order valence-electron chi connectivity index (χ2n) is 7.64. The molecule has 2 heterocycles. The third-order valence-electron chi connectivity index (χ3n) is 5.79. The Morgan fingerprint density at radius 1 is 0.935 bits per heavy atom. The lowest BCUT2D eigenvalue weighted by atomic mass is 10.1. The minimum absolute atomic E-state index is 0.213. The molecule has 1 aromatic heterocycles. The van der Waals surface area contributed by atoms with Crippen LogP contribution in [0.3, 0.4) is 0 Å². The van der Waals surface area contributed by atoms with Crippen molar-refractivity contribution in [3.05, 3.63) is 89.5 Å². The van der Waals surface area contributed by atoms with E-state index < -0.39 is 15.8 Å². The molecule has 0 spiro atoms. The summed E-state index contributed by atoms with van der Waals surface area (Å²) in [6.45, 7) is 3.21. The highest BCUT2D eigenvalue weighted by molar-refractivity contribution is 7.93. The zero-order valence-electron chi connectivity index (χ0n) is 17.0. The number of nitrogens with zero attached hydrogens (tertiary/aromatic N) is 2. The summed E-state index contributed by atoms with van der Waals surface area (Å²) in [6, 6.07) is 18.5. The van der Waals surface area contributed by atoms with Crippen molar-refractivity contribution in [2.24, 2.45) is 0 Å². The Morgan fingerprint density at radius 3 is 2.35 bits per heavy atom. The molecule has 0 amide bonds. The van der Waals surface area contributed by atoms with Gasteiger partial charge in [-0.15, -0.1) is 0 Å². The first kappa shape index (κ1) is 19.5. The lowest BCUT2D eigenvalue weighted by Crippen LogP contribution is -2.33. The van der Waals surface area contributed by atoms with E-state index in [-0.39, 0.29) is 17.2 Å². The second-order valence-corrected chi connectivity index (χ2v) is 9.47. The smallest absolute Gasteiger partial charge is 0.265 e. The van der Waals surface area contributed by atoms with E-state index in [2.05, 4.69) is 0 Å². The summed E-state index contributed by atoms with van der Waals surface area (Å²) in [7, 11) is -3.83. The number of Topliss-reactive ketones (excluding diaryl/α,β-unsaturated/α-hetero) is 1. The normalized spacial score (nSPS) is 14.4. The highest BCUT2D eigenvalue weighted by Crippen LogP contribution is 2.42. The lowest BCUT2D eigenvalue weighted by Gasteiger charge is -2.18. The predicted molar refractivity (Wildman–Crippen MR) is 118 cm³/mol. The molecule has 5 rings (SSSR count). The number of rotatable bonds is 4. The Balaban J connectivity index is 1.56. The number of hydrogen-bond acceptors (Lipinski definition) is 3. The number of sulfonamides is 1. The van der Waals surface area contributed by atoms with E-state index in [1.807, 2.05) is 12.1 Å². The van der Waals surface area contributed by atoms with Crippen molar-refractivity contribution < 1.29 is 17.6 Å². The van der Waals surface area contributed by atoms with Gasteiger partial charge >= 0.3 is 0 Å². The summed E-state index contributed by atoms with van der Waals surface area (Å²) in [4.78, 5) is 13.5. The average Bonchev–Trinajstić information content (AvgIpc) is 3.16. The van der Waals surface area contributed by atoms with Crippen LogP contribution in [0, 0.1) is 19.7 Å². The van der Waals surface area contributed by atoms with Gasteiger partial charge in [0, 0.05) is 22.3 Å². The van der Waals surface area contributed by atoms with Crippen molar-refractivity contribution in [1.29, 1.82) is 0 Å². The van der Waals surface area contributed by atoms with Crippen molar-refractivity contribution >= 4 is 32.3 Å². The summed E-state index contributed by atoms with van der Waals surface area (Å²) >= 11 is 0. The SMILES string of the molecule is Cc1cc(C(=O)CN2c3cccc4cccc(c34)S2(=O)=O)c(C)n1-c1ccccc1F. The van der Waals surface area contributed by atoms with Crippen molar-refractivity contribution in [1.82, 2.24) is 4.57 Å². The van der Waals surface area contributed by atoms with Gasteiger partial charge in [0.05, 0.1) is 22.8 Å². The summed E-state index contributed by atoms with van der Waals surface area (Å²) in [5.74, 6) is -0.739. The second kappa shape index (κ2) is 6.78. The predicted octanol–water partition coefficient (Wildman–Crippen LogP) is 4.78. The largest absolute Gasteiger partial charge is 0.315 e. The molecule has 0 N–H and O–H groups in total. The fraction of sp³-hybridized carbons (Fsp3) is 0.125. The van der Waals surface area contributed by atoms with Gasteiger partial charge in [0.25, 0.3) is 10.0 Å². The van der Waals surface area contributed by atoms with E-state index in [0.717, 1.165) is 5.39 Å². The number of aromatic nitrogens is 1. The molecule has 0 unspecified atom stereocenters. The molecule has 0 aliphatic carbocycles. The number of ketones is 1. The maximum absolute atomic E-state index is 14.4. The van der Waals surface area contributed by atoms with Crippen molar-refractivity contribution in [3.63, 3.8) is 0 Å². The zero-order valence-corrected chi connectivity index (χ0v) is 17.8. The highest BCUT2D eigenvalue weighted by atomic mass is 32.2. The van der Waals surface area contributed by atoms with Crippen LogP contribution in [0.4, 0.5) is 10.1 Å². The van der Waals surface area contributed by atoms with Crippen LogP contribution in [-0.4, -0.2) is 25.3 Å². The van der Waals surface area contributed by atoms with E-state index >= 15 is 0 Å². The third kappa shape index (κ3) is 2.80. The first-order valence-electron chi connectivity index (χ1n) is 9.82. The molecule has 1 aliphatic rings. The number of halogens is 1. The van der Waals surface area contributed by atoms with Crippen LogP contribution < -0.4 is 4.31 Å². The summed E-state index contributed by atoms with van der Waals surface area (Å²) < 4.78 is 43.6. The molecule has 3 aromatic carbocycles. The Hall–Kier alpha value is -3.45. The number of hydrogen-bond donors (Lipinski definition) is 0. The van der Waals surface area contributed by atoms with Gasteiger partial charge in [0.2, 0.25) is 0 Å². The molecular formula is C24H19FN2O3S. The fourth-order valence-electron chi connectivity index (χ4n) is 4.39. The van der Waals surface area contributed by atoms with Crippen LogP contribution in [0.2, 0.25) is 0 Å². The Morgan fingerprint density at radius 2 is 1.61 bits per heavy atom. The summed E-state index contributed by atoms with van der Waals surface area (Å²) in [6.07, 6.45) is 0. The molecular weight excluding hydrogens is 415 g/mol. The van der Waals surface area contributed by atoms with Crippen LogP contribution in [0.15, 0.2) is 71.6 Å². The number of carbonyl (C=O) groups excluding carboxylic acids is 1. The maximum Gasteiger partial charge on any atom is 0.265 e. The Labute approximate surface area is 179 Å². The van der Waals surface area contributed by atoms with Crippen molar-refractivity contribution in [3.8, 4) is 5.69 Å². The van der Waals surface area contributed by atoms with Crippen LogP contribution in [0.5, 0.6) is 0 Å². The van der Waals surface area contributed by atoms with Crippen molar-refractivity contribution in [2.45, 2.75) is 18.7 Å². The van der Waals surface area contributed by atoms with Gasteiger partial charge in [-0.25, -0.2) is 12.8 Å². The quantitative estimate of drug-likeness (QED) is 0.435. The van der Waals surface area contributed by atoms with Crippen LogP contribution in [0.25, 0.3) is 16.5 Å². The van der Waals surface area contributed by atoms with Gasteiger partial charge in [0.1, 0.15) is 5.82 Å². The Kier molecular flexibility index (Phi) is 4.27. The summed E-state index contributed by atoms with van der Waals surface area (Å²) in [5, 5.41) is 1.45. The minimum Gasteiger partial charge on any atom is -0.315 e. The van der Waals surface area contributed by atoms with Gasteiger partial charge in [-0.2, -0.15) is 0 Å². The first-order valence-corrected chi connectivity index (χ1v) is 11.3. The standard InChI is InChI=1S/C24H19FN2O3S/c1-15-13-18(16(2)27(15)20-10-4-3-9-19(20)25)22(28)14-26-21-11-5-7-17-8-6-12-23(24(17)21)31(26,29)30/h3-13H,14H2,1-2H3. The van der Waals surface area contributed by atoms with Crippen LogP contribution in [0.1, 0.15) is 21.7 Å². The summed E-state index contributed by atoms with van der Waals surface area (Å²) in [5.41, 5.74) is 2.49. The maximum atomic E-state index is 14.4. The van der Waals surface area contributed by atoms with Crippen molar-refractivity contribution in [2.75, 3.05) is 10.8 Å². The van der Waals surface area contributed by atoms with Gasteiger partial charge in [-0.1, -0.05) is 36.4 Å². The molecule has 0 saturated carbocycles. The number of para-hydroxylation sites is 1. The van der Waals surface area contributed by atoms with Crippen LogP contribution >= 0.6 is 0 Å². The molecule has 7 heteroatoms. The number of aryl methyl sites for hydroxylation is 1. The molecule has 1 aliphatic heterocycles. The average molecular weight is 434 g/mol. The van der Waals surface area contributed by atoms with Gasteiger partial charge in [-0.05, 0) is 49.6 Å². The van der Waals surface area contributed by atoms with E-state index in [9.17, 15) is 17.6 Å². The fourth-order valence-corrected chi connectivity index (χ4v) is 6.06. The molecule has 5 nitrogen and oxygen atoms in total. The monoisotopic (exact) mass is 434 g/mol. The van der Waals surface area contributed by atoms with Gasteiger partial charge in [-0.3, -0.25) is 9.10 Å². The molecule has 156 valence electrons. The van der Waals surface area contributed by atoms with E-state index in [4.69, 9.17) is 0 Å². The first-order chi connectivity index (χ1) is 14.8. The topological polar surface area (TPSA) is 59.4 Å². The number of anilines is 1. The van der Waals surface area contributed by atoms with E-state index in [1.54, 1.807) is 66.9 Å². The number of benzene rings is 3. The molecule has 0 fully saturated rings. The zero-order chi connectivity index (χ0) is 21.9. The molecule has 0 radical (unpaired) electrons. The van der Waals surface area contributed by atoms with E-state index in [0.29, 0.717) is 33.7 Å². The number of carbonyl (C=O) groups is 1. The van der Waals surface area contributed by atoms with E-state index in [1.165, 1.54) is 10.4 Å². The minimum atomic E-state index is -3.83. The van der Waals surface area contributed by atoms with Gasteiger partial charge < -0.3 is 4.57 Å². The molecule has 0 bridgehead atoms. The van der Waals surface area contributed by atoms with Crippen LogP contribution in [-0.2, 0) is 10.0 Å².